The first-order chi connectivity index (χ1) is 14.8. The number of nitrogens with one attached hydrogen (secondary N) is 1. The van der Waals surface area contributed by atoms with Crippen LogP contribution in [0.15, 0.2) is 84.2 Å². The van der Waals surface area contributed by atoms with Gasteiger partial charge in [0.25, 0.3) is 0 Å². The molecule has 0 aliphatic carbocycles. The average molecular weight is 412 g/mol. The minimum Gasteiger partial charge on any atom is -0.350 e. The summed E-state index contributed by atoms with van der Waals surface area (Å²) in [6.45, 7) is 0.813. The molecule has 0 radical (unpaired) electrons. The van der Waals surface area contributed by atoms with Gasteiger partial charge in [0.1, 0.15) is 12.4 Å². The summed E-state index contributed by atoms with van der Waals surface area (Å²) in [7, 11) is 0. The second-order valence-electron chi connectivity index (χ2n) is 7.27. The molecule has 0 aliphatic rings. The Morgan fingerprint density at radius 1 is 0.933 bits per heavy atom. The van der Waals surface area contributed by atoms with E-state index in [1.165, 1.54) is 16.3 Å². The summed E-state index contributed by atoms with van der Waals surface area (Å²) >= 11 is 1.65. The molecule has 5 aromatic rings. The maximum Gasteiger partial charge on any atom is 0.240 e. The van der Waals surface area contributed by atoms with Crippen molar-refractivity contribution in [2.75, 3.05) is 0 Å². The van der Waals surface area contributed by atoms with Gasteiger partial charge in [-0.1, -0.05) is 60.7 Å². The molecule has 0 fully saturated rings. The molecule has 2 heterocycles. The van der Waals surface area contributed by atoms with Crippen LogP contribution < -0.4 is 5.32 Å². The Labute approximate surface area is 178 Å². The number of aromatic nitrogens is 2. The first-order valence-electron chi connectivity index (χ1n) is 9.98. The van der Waals surface area contributed by atoms with Crippen LogP contribution in [0, 0.1) is 0 Å². The smallest absolute Gasteiger partial charge is 0.240 e. The summed E-state index contributed by atoms with van der Waals surface area (Å²) in [6, 6.07) is 26.8. The summed E-state index contributed by atoms with van der Waals surface area (Å²) in [5, 5.41) is 7.49. The number of benzene rings is 3. The van der Waals surface area contributed by atoms with Crippen molar-refractivity contribution in [2.45, 2.75) is 19.5 Å². The number of thiophene rings is 1. The highest BCUT2D eigenvalue weighted by atomic mass is 32.1. The van der Waals surface area contributed by atoms with Crippen molar-refractivity contribution in [1.29, 1.82) is 0 Å². The zero-order valence-electron chi connectivity index (χ0n) is 16.4. The van der Waals surface area contributed by atoms with Gasteiger partial charge in [-0.3, -0.25) is 4.79 Å². The number of hydrogen-bond acceptors (Lipinski definition) is 3. The molecule has 0 saturated carbocycles. The van der Waals surface area contributed by atoms with Crippen LogP contribution in [-0.4, -0.2) is 15.5 Å². The molecule has 0 aliphatic heterocycles. The SMILES string of the molecule is O=C(Cn1c(Cc2cccc3ccccc23)nc2ccccc21)NCc1cccs1. The van der Waals surface area contributed by atoms with Gasteiger partial charge in [0.05, 0.1) is 17.6 Å². The Morgan fingerprint density at radius 2 is 1.77 bits per heavy atom. The van der Waals surface area contributed by atoms with E-state index in [1.54, 1.807) is 11.3 Å². The molecule has 5 heteroatoms. The summed E-state index contributed by atoms with van der Waals surface area (Å²) in [4.78, 5) is 18.7. The largest absolute Gasteiger partial charge is 0.350 e. The first-order valence-corrected chi connectivity index (χ1v) is 10.9. The maximum atomic E-state index is 12.7. The minimum atomic E-state index is -0.00859. The summed E-state index contributed by atoms with van der Waals surface area (Å²) in [6.07, 6.45) is 0.675. The van der Waals surface area contributed by atoms with Gasteiger partial charge in [0.2, 0.25) is 5.91 Å². The molecule has 2 aromatic heterocycles. The quantitative estimate of drug-likeness (QED) is 0.420. The molecule has 0 atom stereocenters. The summed E-state index contributed by atoms with van der Waals surface area (Å²) in [5.74, 6) is 0.893. The van der Waals surface area contributed by atoms with Crippen LogP contribution in [0.1, 0.15) is 16.3 Å². The topological polar surface area (TPSA) is 46.9 Å². The lowest BCUT2D eigenvalue weighted by molar-refractivity contribution is -0.121. The number of para-hydroxylation sites is 2. The Bertz CT molecular complexity index is 1320. The van der Waals surface area contributed by atoms with E-state index in [9.17, 15) is 4.79 Å². The highest BCUT2D eigenvalue weighted by molar-refractivity contribution is 7.09. The molecule has 0 saturated heterocycles. The predicted molar refractivity (Wildman–Crippen MR) is 123 cm³/mol. The lowest BCUT2D eigenvalue weighted by Gasteiger charge is -2.11. The number of nitrogens with zero attached hydrogens (tertiary/aromatic N) is 2. The number of amides is 1. The van der Waals surface area contributed by atoms with Crippen molar-refractivity contribution in [1.82, 2.24) is 14.9 Å². The highest BCUT2D eigenvalue weighted by Crippen LogP contribution is 2.23. The number of hydrogen-bond donors (Lipinski definition) is 1. The standard InChI is InChI=1S/C25H21N3OS/c29-25(26-16-20-10-6-14-30-20)17-28-23-13-4-3-12-22(23)27-24(28)15-19-9-5-8-18-7-1-2-11-21(18)19/h1-14H,15-17H2,(H,26,29). The zero-order valence-corrected chi connectivity index (χ0v) is 17.2. The number of rotatable bonds is 6. The van der Waals surface area contributed by atoms with Crippen molar-refractivity contribution < 1.29 is 4.79 Å². The Balaban J connectivity index is 1.47. The number of fused-ring (bicyclic) bond motifs is 2. The fourth-order valence-electron chi connectivity index (χ4n) is 3.85. The molecule has 1 amide bonds. The van der Waals surface area contributed by atoms with Gasteiger partial charge >= 0.3 is 0 Å². The lowest BCUT2D eigenvalue weighted by atomic mass is 10.0. The average Bonchev–Trinajstić information content (AvgIpc) is 3.41. The molecule has 4 nitrogen and oxygen atoms in total. The van der Waals surface area contributed by atoms with Gasteiger partial charge in [-0.25, -0.2) is 4.98 Å². The van der Waals surface area contributed by atoms with Crippen LogP contribution >= 0.6 is 11.3 Å². The van der Waals surface area contributed by atoms with E-state index < -0.39 is 0 Å². The Morgan fingerprint density at radius 3 is 2.67 bits per heavy atom. The maximum absolute atomic E-state index is 12.7. The van der Waals surface area contributed by atoms with Crippen LogP contribution in [0.25, 0.3) is 21.8 Å². The third-order valence-electron chi connectivity index (χ3n) is 5.30. The van der Waals surface area contributed by atoms with Crippen molar-refractivity contribution >= 4 is 39.0 Å². The molecule has 5 rings (SSSR count). The third kappa shape index (κ3) is 3.72. The van der Waals surface area contributed by atoms with Crippen molar-refractivity contribution in [2.24, 2.45) is 0 Å². The lowest BCUT2D eigenvalue weighted by Crippen LogP contribution is -2.27. The molecular weight excluding hydrogens is 390 g/mol. The van der Waals surface area contributed by atoms with E-state index in [-0.39, 0.29) is 12.5 Å². The van der Waals surface area contributed by atoms with Gasteiger partial charge in [-0.15, -0.1) is 11.3 Å². The monoisotopic (exact) mass is 411 g/mol. The predicted octanol–water partition coefficient (Wildman–Crippen LogP) is 5.16. The molecular formula is C25H21N3OS. The molecule has 0 bridgehead atoms. The van der Waals surface area contributed by atoms with Crippen molar-refractivity contribution in [3.05, 3.63) is 101 Å². The molecule has 0 unspecified atom stereocenters. The number of carbonyl (C=O) groups excluding carboxylic acids is 1. The molecule has 148 valence electrons. The fourth-order valence-corrected chi connectivity index (χ4v) is 4.50. The van der Waals surface area contributed by atoms with E-state index in [0.29, 0.717) is 13.0 Å². The van der Waals surface area contributed by atoms with Gasteiger partial charge in [0.15, 0.2) is 0 Å². The van der Waals surface area contributed by atoms with E-state index in [4.69, 9.17) is 4.98 Å². The van der Waals surface area contributed by atoms with Crippen LogP contribution in [0.2, 0.25) is 0 Å². The molecule has 0 spiro atoms. The second-order valence-corrected chi connectivity index (χ2v) is 8.31. The third-order valence-corrected chi connectivity index (χ3v) is 6.18. The summed E-state index contributed by atoms with van der Waals surface area (Å²) < 4.78 is 2.04. The van der Waals surface area contributed by atoms with Crippen LogP contribution in [0.3, 0.4) is 0 Å². The van der Waals surface area contributed by atoms with Crippen LogP contribution in [-0.2, 0) is 24.3 Å². The van der Waals surface area contributed by atoms with E-state index in [0.717, 1.165) is 21.7 Å². The zero-order chi connectivity index (χ0) is 20.3. The van der Waals surface area contributed by atoms with Gasteiger partial charge in [0, 0.05) is 11.3 Å². The normalized spacial score (nSPS) is 11.2. The fraction of sp³-hybridized carbons (Fsp3) is 0.120. The van der Waals surface area contributed by atoms with Gasteiger partial charge < -0.3 is 9.88 Å². The van der Waals surface area contributed by atoms with E-state index >= 15 is 0 Å². The molecule has 1 N–H and O–H groups in total. The number of carbonyl (C=O) groups is 1. The molecule has 3 aromatic carbocycles. The summed E-state index contributed by atoms with van der Waals surface area (Å²) in [5.41, 5.74) is 3.11. The van der Waals surface area contributed by atoms with Crippen molar-refractivity contribution in [3.63, 3.8) is 0 Å². The van der Waals surface area contributed by atoms with Crippen LogP contribution in [0.5, 0.6) is 0 Å². The highest BCUT2D eigenvalue weighted by Gasteiger charge is 2.15. The van der Waals surface area contributed by atoms with E-state index in [2.05, 4.69) is 47.8 Å². The second kappa shape index (κ2) is 8.13. The van der Waals surface area contributed by atoms with Gasteiger partial charge in [-0.2, -0.15) is 0 Å². The van der Waals surface area contributed by atoms with E-state index in [1.807, 2.05) is 46.3 Å². The molecule has 30 heavy (non-hydrogen) atoms. The van der Waals surface area contributed by atoms with Crippen molar-refractivity contribution in [3.8, 4) is 0 Å². The number of imidazole rings is 1. The Hall–Kier alpha value is -3.44. The first kappa shape index (κ1) is 18.6. The van der Waals surface area contributed by atoms with Crippen LogP contribution in [0.4, 0.5) is 0 Å². The Kier molecular flexibility index (Phi) is 5.03. The van der Waals surface area contributed by atoms with Gasteiger partial charge in [-0.05, 0) is 39.9 Å². The minimum absolute atomic E-state index is 0.00859.